The summed E-state index contributed by atoms with van der Waals surface area (Å²) in [5.41, 5.74) is -0.333. The van der Waals surface area contributed by atoms with Crippen LogP contribution >= 0.6 is 0 Å². The third kappa shape index (κ3) is 6.58. The highest BCUT2D eigenvalue weighted by atomic mass is 19.4. The standard InChI is InChI=1S/C16H23F3N2O2/c1-15(2,3)13(14(22)23)21-9-8-20-10-11-4-6-12(7-5-11)16(17,18)19/h4-7,13,20-21H,8-10H2,1-3H3,(H,22,23)/t13-/m1/s1. The highest BCUT2D eigenvalue weighted by Gasteiger charge is 2.30. The molecular formula is C16H23F3N2O2. The molecule has 23 heavy (non-hydrogen) atoms. The Labute approximate surface area is 134 Å². The van der Waals surface area contributed by atoms with Crippen LogP contribution in [0.3, 0.4) is 0 Å². The number of alkyl halides is 3. The Morgan fingerprint density at radius 1 is 1.13 bits per heavy atom. The van der Waals surface area contributed by atoms with E-state index in [2.05, 4.69) is 10.6 Å². The van der Waals surface area contributed by atoms with Crippen molar-refractivity contribution in [2.75, 3.05) is 13.1 Å². The van der Waals surface area contributed by atoms with Crippen molar-refractivity contribution in [3.63, 3.8) is 0 Å². The summed E-state index contributed by atoms with van der Waals surface area (Å²) in [7, 11) is 0. The first kappa shape index (κ1) is 19.4. The number of rotatable bonds is 7. The van der Waals surface area contributed by atoms with E-state index in [0.29, 0.717) is 19.6 Å². The fourth-order valence-corrected chi connectivity index (χ4v) is 2.11. The average molecular weight is 332 g/mol. The van der Waals surface area contributed by atoms with Crippen molar-refractivity contribution < 1.29 is 23.1 Å². The van der Waals surface area contributed by atoms with Crippen molar-refractivity contribution in [1.82, 2.24) is 10.6 Å². The average Bonchev–Trinajstić information content (AvgIpc) is 2.40. The Hall–Kier alpha value is -1.60. The number of halogens is 3. The van der Waals surface area contributed by atoms with E-state index >= 15 is 0 Å². The number of carboxylic acids is 1. The highest BCUT2D eigenvalue weighted by molar-refractivity contribution is 5.74. The molecule has 0 fully saturated rings. The first-order valence-corrected chi connectivity index (χ1v) is 7.35. The van der Waals surface area contributed by atoms with Gasteiger partial charge in [0.15, 0.2) is 0 Å². The van der Waals surface area contributed by atoms with Gasteiger partial charge in [0.1, 0.15) is 6.04 Å². The quantitative estimate of drug-likeness (QED) is 0.672. The lowest BCUT2D eigenvalue weighted by Gasteiger charge is -2.28. The maximum absolute atomic E-state index is 12.4. The third-order valence-corrected chi connectivity index (χ3v) is 3.37. The van der Waals surface area contributed by atoms with Crippen LogP contribution in [0.2, 0.25) is 0 Å². The number of carboxylic acid groups (broad SMARTS) is 1. The molecule has 1 rings (SSSR count). The Bertz CT molecular complexity index is 508. The number of hydrogen-bond acceptors (Lipinski definition) is 3. The van der Waals surface area contributed by atoms with Crippen molar-refractivity contribution in [1.29, 1.82) is 0 Å². The van der Waals surface area contributed by atoms with E-state index < -0.39 is 29.2 Å². The molecule has 0 radical (unpaired) electrons. The van der Waals surface area contributed by atoms with Gasteiger partial charge in [-0.1, -0.05) is 32.9 Å². The van der Waals surface area contributed by atoms with Crippen molar-refractivity contribution in [2.24, 2.45) is 5.41 Å². The third-order valence-electron chi connectivity index (χ3n) is 3.37. The number of nitrogens with one attached hydrogen (secondary N) is 2. The maximum atomic E-state index is 12.4. The van der Waals surface area contributed by atoms with Gasteiger partial charge in [0, 0.05) is 19.6 Å². The molecule has 0 bridgehead atoms. The molecule has 130 valence electrons. The lowest BCUT2D eigenvalue weighted by Crippen LogP contribution is -2.48. The summed E-state index contributed by atoms with van der Waals surface area (Å²) in [5.74, 6) is -0.903. The number of hydrogen-bond donors (Lipinski definition) is 3. The largest absolute Gasteiger partial charge is 0.480 e. The SMILES string of the molecule is CC(C)(C)[C@H](NCCNCc1ccc(C(F)(F)F)cc1)C(=O)O. The van der Waals surface area contributed by atoms with E-state index in [1.54, 1.807) is 0 Å². The topological polar surface area (TPSA) is 61.4 Å². The minimum atomic E-state index is -4.32. The Kier molecular flexibility index (Phi) is 6.58. The first-order valence-electron chi connectivity index (χ1n) is 7.35. The van der Waals surface area contributed by atoms with Crippen LogP contribution in [0.4, 0.5) is 13.2 Å². The Morgan fingerprint density at radius 2 is 1.70 bits per heavy atom. The van der Waals surface area contributed by atoms with E-state index in [-0.39, 0.29) is 0 Å². The lowest BCUT2D eigenvalue weighted by atomic mass is 9.87. The van der Waals surface area contributed by atoms with Gasteiger partial charge in [0.2, 0.25) is 0 Å². The van der Waals surface area contributed by atoms with Gasteiger partial charge in [-0.25, -0.2) is 0 Å². The van der Waals surface area contributed by atoms with Gasteiger partial charge in [0.25, 0.3) is 0 Å². The molecule has 0 amide bonds. The maximum Gasteiger partial charge on any atom is 0.416 e. The van der Waals surface area contributed by atoms with Crippen LogP contribution in [0, 0.1) is 5.41 Å². The van der Waals surface area contributed by atoms with Crippen LogP contribution in [0.25, 0.3) is 0 Å². The Morgan fingerprint density at radius 3 is 2.13 bits per heavy atom. The second-order valence-corrected chi connectivity index (χ2v) is 6.46. The van der Waals surface area contributed by atoms with Gasteiger partial charge in [0.05, 0.1) is 5.56 Å². The molecule has 1 atom stereocenters. The van der Waals surface area contributed by atoms with Gasteiger partial charge in [-0.15, -0.1) is 0 Å². The zero-order valence-corrected chi connectivity index (χ0v) is 13.5. The van der Waals surface area contributed by atoms with Crippen molar-refractivity contribution >= 4 is 5.97 Å². The van der Waals surface area contributed by atoms with E-state index in [0.717, 1.165) is 17.7 Å². The lowest BCUT2D eigenvalue weighted by molar-refractivity contribution is -0.142. The van der Waals surface area contributed by atoms with Crippen LogP contribution in [-0.2, 0) is 17.5 Å². The molecule has 0 aliphatic carbocycles. The van der Waals surface area contributed by atoms with Crippen LogP contribution in [0.1, 0.15) is 31.9 Å². The van der Waals surface area contributed by atoms with Crippen molar-refractivity contribution in [2.45, 2.75) is 39.5 Å². The number of benzene rings is 1. The molecule has 0 saturated carbocycles. The summed E-state index contributed by atoms with van der Waals surface area (Å²) < 4.78 is 37.3. The Balaban J connectivity index is 2.36. The first-order chi connectivity index (χ1) is 10.5. The van der Waals surface area contributed by atoms with E-state index in [1.807, 2.05) is 20.8 Å². The monoisotopic (exact) mass is 332 g/mol. The summed E-state index contributed by atoms with van der Waals surface area (Å²) in [6, 6.07) is 4.30. The molecule has 0 spiro atoms. The molecule has 0 aliphatic heterocycles. The fourth-order valence-electron chi connectivity index (χ4n) is 2.11. The van der Waals surface area contributed by atoms with Gasteiger partial charge in [-0.3, -0.25) is 4.79 Å². The molecular weight excluding hydrogens is 309 g/mol. The molecule has 7 heteroatoms. The van der Waals surface area contributed by atoms with Gasteiger partial charge in [-0.2, -0.15) is 13.2 Å². The van der Waals surface area contributed by atoms with Gasteiger partial charge < -0.3 is 15.7 Å². The molecule has 1 aromatic rings. The predicted molar refractivity (Wildman–Crippen MR) is 82.0 cm³/mol. The minimum Gasteiger partial charge on any atom is -0.480 e. The second kappa shape index (κ2) is 7.79. The highest BCUT2D eigenvalue weighted by Crippen LogP contribution is 2.29. The normalized spacial score (nSPS) is 13.8. The van der Waals surface area contributed by atoms with Crippen molar-refractivity contribution in [3.8, 4) is 0 Å². The van der Waals surface area contributed by atoms with Crippen LogP contribution in [0.5, 0.6) is 0 Å². The minimum absolute atomic E-state index is 0.404. The van der Waals surface area contributed by atoms with Crippen LogP contribution < -0.4 is 10.6 Å². The molecule has 0 aliphatic rings. The number of carbonyl (C=O) groups is 1. The molecule has 3 N–H and O–H groups in total. The molecule has 0 unspecified atom stereocenters. The molecule has 1 aromatic carbocycles. The van der Waals surface area contributed by atoms with E-state index in [4.69, 9.17) is 5.11 Å². The van der Waals surface area contributed by atoms with Gasteiger partial charge >= 0.3 is 12.1 Å². The fraction of sp³-hybridized carbons (Fsp3) is 0.562. The molecule has 0 aromatic heterocycles. The summed E-state index contributed by atoms with van der Waals surface area (Å²) in [6.07, 6.45) is -4.32. The summed E-state index contributed by atoms with van der Waals surface area (Å²) in [4.78, 5) is 11.2. The van der Waals surface area contributed by atoms with Crippen molar-refractivity contribution in [3.05, 3.63) is 35.4 Å². The summed E-state index contributed by atoms with van der Waals surface area (Å²) in [5, 5.41) is 15.2. The zero-order chi connectivity index (χ0) is 17.7. The van der Waals surface area contributed by atoms with Crippen LogP contribution in [-0.4, -0.2) is 30.2 Å². The second-order valence-electron chi connectivity index (χ2n) is 6.46. The summed E-state index contributed by atoms with van der Waals surface area (Å²) >= 11 is 0. The molecule has 0 saturated heterocycles. The predicted octanol–water partition coefficient (Wildman–Crippen LogP) is 2.88. The zero-order valence-electron chi connectivity index (χ0n) is 13.5. The van der Waals surface area contributed by atoms with E-state index in [1.165, 1.54) is 12.1 Å². The summed E-state index contributed by atoms with van der Waals surface area (Å²) in [6.45, 7) is 6.92. The van der Waals surface area contributed by atoms with Gasteiger partial charge in [-0.05, 0) is 23.1 Å². The van der Waals surface area contributed by atoms with E-state index in [9.17, 15) is 18.0 Å². The smallest absolute Gasteiger partial charge is 0.416 e. The molecule has 0 heterocycles. The molecule has 4 nitrogen and oxygen atoms in total. The number of aliphatic carboxylic acids is 1. The van der Waals surface area contributed by atoms with Crippen LogP contribution in [0.15, 0.2) is 24.3 Å².